The first-order valence-corrected chi connectivity index (χ1v) is 8.18. The number of carbonyl (C=O) groups is 1. The summed E-state index contributed by atoms with van der Waals surface area (Å²) in [6, 6.07) is 11.9. The molecule has 0 saturated carbocycles. The molecule has 0 aliphatic heterocycles. The topological polar surface area (TPSA) is 52.9 Å². The second-order valence-corrected chi connectivity index (χ2v) is 6.37. The fourth-order valence-electron chi connectivity index (χ4n) is 2.66. The average Bonchev–Trinajstić information content (AvgIpc) is 2.91. The quantitative estimate of drug-likeness (QED) is 0.866. The van der Waals surface area contributed by atoms with Gasteiger partial charge in [-0.1, -0.05) is 30.3 Å². The zero-order valence-electron chi connectivity index (χ0n) is 12.1. The predicted octanol–water partition coefficient (Wildman–Crippen LogP) is 4.15. The van der Waals surface area contributed by atoms with Crippen molar-refractivity contribution in [1.29, 1.82) is 5.26 Å². The summed E-state index contributed by atoms with van der Waals surface area (Å²) in [5.41, 5.74) is 2.77. The van der Waals surface area contributed by atoms with Crippen molar-refractivity contribution >= 4 is 28.3 Å². The Morgan fingerprint density at radius 3 is 2.77 bits per heavy atom. The van der Waals surface area contributed by atoms with Gasteiger partial charge in [0, 0.05) is 11.0 Å². The molecule has 110 valence electrons. The molecule has 3 nitrogen and oxygen atoms in total. The molecule has 0 unspecified atom stereocenters. The maximum Gasteiger partial charge on any atom is 0.249 e. The summed E-state index contributed by atoms with van der Waals surface area (Å²) < 4.78 is 0. The Morgan fingerprint density at radius 1 is 1.23 bits per heavy atom. The minimum Gasteiger partial charge on any atom is -0.313 e. The van der Waals surface area contributed by atoms with Crippen molar-refractivity contribution in [2.24, 2.45) is 0 Å². The van der Waals surface area contributed by atoms with Gasteiger partial charge in [-0.05, 0) is 42.9 Å². The first kappa shape index (κ1) is 14.6. The summed E-state index contributed by atoms with van der Waals surface area (Å²) in [6.07, 6.45) is 7.54. The second kappa shape index (κ2) is 6.59. The van der Waals surface area contributed by atoms with Crippen LogP contribution >= 0.6 is 11.3 Å². The summed E-state index contributed by atoms with van der Waals surface area (Å²) in [5.74, 6) is -0.195. The number of hydrogen-bond acceptors (Lipinski definition) is 3. The number of hydrogen-bond donors (Lipinski definition) is 1. The summed E-state index contributed by atoms with van der Waals surface area (Å²) in [7, 11) is 0. The van der Waals surface area contributed by atoms with E-state index in [4.69, 9.17) is 0 Å². The number of fused-ring (bicyclic) bond motifs is 1. The Labute approximate surface area is 133 Å². The van der Waals surface area contributed by atoms with Gasteiger partial charge in [0.25, 0.3) is 0 Å². The standard InChI is InChI=1S/C18H16N2OS/c19-12-15-14-8-4-5-9-16(14)22-18(15)20-17(21)11-10-13-6-2-1-3-7-13/h1-3,6-7,10-11H,4-5,8-9H2,(H,20,21)/b11-10-. The Hall–Kier alpha value is -2.38. The highest BCUT2D eigenvalue weighted by Gasteiger charge is 2.21. The molecule has 2 aromatic rings. The lowest BCUT2D eigenvalue weighted by Crippen LogP contribution is -2.07. The van der Waals surface area contributed by atoms with Crippen molar-refractivity contribution in [1.82, 2.24) is 0 Å². The van der Waals surface area contributed by atoms with E-state index in [-0.39, 0.29) is 5.91 Å². The van der Waals surface area contributed by atoms with E-state index in [0.29, 0.717) is 10.6 Å². The largest absolute Gasteiger partial charge is 0.313 e. The minimum atomic E-state index is -0.195. The summed E-state index contributed by atoms with van der Waals surface area (Å²) >= 11 is 1.55. The molecule has 1 aromatic heterocycles. The third-order valence-electron chi connectivity index (χ3n) is 3.75. The van der Waals surface area contributed by atoms with Gasteiger partial charge in [0.2, 0.25) is 5.91 Å². The summed E-state index contributed by atoms with van der Waals surface area (Å²) in [6.45, 7) is 0. The van der Waals surface area contributed by atoms with Gasteiger partial charge in [0.1, 0.15) is 11.1 Å². The average molecular weight is 308 g/mol. The van der Waals surface area contributed by atoms with Crippen molar-refractivity contribution in [3.05, 3.63) is 58.0 Å². The van der Waals surface area contributed by atoms with E-state index in [0.717, 1.165) is 30.4 Å². The molecule has 1 aliphatic rings. The molecular weight excluding hydrogens is 292 g/mol. The van der Waals surface area contributed by atoms with E-state index < -0.39 is 0 Å². The summed E-state index contributed by atoms with van der Waals surface area (Å²) in [4.78, 5) is 13.3. The molecule has 22 heavy (non-hydrogen) atoms. The predicted molar refractivity (Wildman–Crippen MR) is 89.8 cm³/mol. The number of nitrogens with one attached hydrogen (secondary N) is 1. The van der Waals surface area contributed by atoms with Gasteiger partial charge in [-0.15, -0.1) is 11.3 Å². The third-order valence-corrected chi connectivity index (χ3v) is 4.95. The number of benzene rings is 1. The first-order valence-electron chi connectivity index (χ1n) is 7.36. The van der Waals surface area contributed by atoms with Crippen LogP contribution in [0, 0.1) is 11.3 Å². The maximum atomic E-state index is 12.1. The van der Waals surface area contributed by atoms with Crippen LogP contribution in [0.5, 0.6) is 0 Å². The zero-order valence-corrected chi connectivity index (χ0v) is 13.0. The molecule has 4 heteroatoms. The van der Waals surface area contributed by atoms with Crippen LogP contribution in [0.4, 0.5) is 5.00 Å². The number of anilines is 1. The van der Waals surface area contributed by atoms with Crippen molar-refractivity contribution in [2.75, 3.05) is 5.32 Å². The van der Waals surface area contributed by atoms with E-state index in [1.165, 1.54) is 17.4 Å². The molecule has 0 saturated heterocycles. The number of carbonyl (C=O) groups excluding carboxylic acids is 1. The molecule has 1 N–H and O–H groups in total. The van der Waals surface area contributed by atoms with Gasteiger partial charge >= 0.3 is 0 Å². The fourth-order valence-corrected chi connectivity index (χ4v) is 3.90. The first-order chi connectivity index (χ1) is 10.8. The molecule has 0 fully saturated rings. The Balaban J connectivity index is 1.76. The van der Waals surface area contributed by atoms with Crippen LogP contribution in [-0.2, 0) is 17.6 Å². The maximum absolute atomic E-state index is 12.1. The fraction of sp³-hybridized carbons (Fsp3) is 0.222. The van der Waals surface area contributed by atoms with E-state index in [9.17, 15) is 10.1 Å². The number of amides is 1. The van der Waals surface area contributed by atoms with E-state index in [1.54, 1.807) is 17.4 Å². The van der Waals surface area contributed by atoms with Gasteiger partial charge in [0.05, 0.1) is 5.56 Å². The molecule has 1 aliphatic carbocycles. The van der Waals surface area contributed by atoms with Crippen LogP contribution in [0.25, 0.3) is 6.08 Å². The number of nitrogens with zero attached hydrogens (tertiary/aromatic N) is 1. The lowest BCUT2D eigenvalue weighted by atomic mass is 9.96. The van der Waals surface area contributed by atoms with Crippen LogP contribution in [0.1, 0.15) is 34.4 Å². The molecule has 0 radical (unpaired) electrons. The minimum absolute atomic E-state index is 0.195. The van der Waals surface area contributed by atoms with Gasteiger partial charge in [-0.3, -0.25) is 4.79 Å². The third kappa shape index (κ3) is 3.10. The Bertz CT molecular complexity index is 753. The van der Waals surface area contributed by atoms with Crippen LogP contribution in [0.3, 0.4) is 0 Å². The lowest BCUT2D eigenvalue weighted by molar-refractivity contribution is -0.111. The molecule has 1 heterocycles. The number of nitriles is 1. The van der Waals surface area contributed by atoms with Crippen LogP contribution in [0.2, 0.25) is 0 Å². The number of aryl methyl sites for hydroxylation is 1. The van der Waals surface area contributed by atoms with Crippen LogP contribution in [-0.4, -0.2) is 5.91 Å². The van der Waals surface area contributed by atoms with Gasteiger partial charge in [-0.2, -0.15) is 5.26 Å². The van der Waals surface area contributed by atoms with Crippen LogP contribution in [0.15, 0.2) is 36.4 Å². The number of rotatable bonds is 3. The van der Waals surface area contributed by atoms with Crippen molar-refractivity contribution in [3.63, 3.8) is 0 Å². The van der Waals surface area contributed by atoms with E-state index in [2.05, 4.69) is 11.4 Å². The lowest BCUT2D eigenvalue weighted by Gasteiger charge is -2.09. The number of thiophene rings is 1. The van der Waals surface area contributed by atoms with E-state index in [1.807, 2.05) is 30.3 Å². The SMILES string of the molecule is N#Cc1c(NC(=O)/C=C\c2ccccc2)sc2c1CCCC2. The molecule has 1 amide bonds. The van der Waals surface area contributed by atoms with Crippen molar-refractivity contribution in [2.45, 2.75) is 25.7 Å². The Morgan fingerprint density at radius 2 is 2.00 bits per heavy atom. The monoisotopic (exact) mass is 308 g/mol. The molecular formula is C18H16N2OS. The molecule has 1 aromatic carbocycles. The van der Waals surface area contributed by atoms with Gasteiger partial charge in [0.15, 0.2) is 0 Å². The second-order valence-electron chi connectivity index (χ2n) is 5.26. The highest BCUT2D eigenvalue weighted by Crippen LogP contribution is 2.37. The smallest absolute Gasteiger partial charge is 0.249 e. The molecule has 3 rings (SSSR count). The highest BCUT2D eigenvalue weighted by atomic mass is 32.1. The van der Waals surface area contributed by atoms with E-state index >= 15 is 0 Å². The van der Waals surface area contributed by atoms with Crippen molar-refractivity contribution in [3.8, 4) is 6.07 Å². The van der Waals surface area contributed by atoms with Crippen molar-refractivity contribution < 1.29 is 4.79 Å². The normalized spacial score (nSPS) is 13.6. The Kier molecular flexibility index (Phi) is 4.36. The van der Waals surface area contributed by atoms with Gasteiger partial charge < -0.3 is 5.32 Å². The highest BCUT2D eigenvalue weighted by molar-refractivity contribution is 7.16. The zero-order chi connectivity index (χ0) is 15.4. The van der Waals surface area contributed by atoms with Gasteiger partial charge in [-0.25, -0.2) is 0 Å². The molecule has 0 spiro atoms. The van der Waals surface area contributed by atoms with Crippen LogP contribution < -0.4 is 5.32 Å². The molecule has 0 atom stereocenters. The summed E-state index contributed by atoms with van der Waals surface area (Å²) in [5, 5.41) is 12.9. The molecule has 0 bridgehead atoms.